The zero-order valence-corrected chi connectivity index (χ0v) is 13.5. The van der Waals surface area contributed by atoms with Crippen LogP contribution in [0.4, 0.5) is 0 Å². The molecule has 1 N–H and O–H groups in total. The Morgan fingerprint density at radius 1 is 1.16 bits per heavy atom. The van der Waals surface area contributed by atoms with E-state index < -0.39 is 0 Å². The van der Waals surface area contributed by atoms with Gasteiger partial charge in [-0.05, 0) is 46.6 Å². The lowest BCUT2D eigenvalue weighted by Gasteiger charge is -2.36. The van der Waals surface area contributed by atoms with E-state index in [0.717, 1.165) is 32.2 Å². The zero-order chi connectivity index (χ0) is 14.1. The summed E-state index contributed by atoms with van der Waals surface area (Å²) < 4.78 is 0. The predicted octanol–water partition coefficient (Wildman–Crippen LogP) is 0.944. The topological polar surface area (TPSA) is 21.8 Å². The van der Waals surface area contributed by atoms with Gasteiger partial charge in [0.15, 0.2) is 0 Å². The van der Waals surface area contributed by atoms with Crippen molar-refractivity contribution >= 4 is 0 Å². The molecular weight excluding hydrogens is 236 g/mol. The van der Waals surface area contributed by atoms with Crippen molar-refractivity contribution in [2.24, 2.45) is 0 Å². The van der Waals surface area contributed by atoms with Crippen molar-refractivity contribution in [1.29, 1.82) is 0 Å². The third kappa shape index (κ3) is 6.70. The summed E-state index contributed by atoms with van der Waals surface area (Å²) in [7, 11) is 4.41. The number of hydrogen-bond donors (Lipinski definition) is 1. The van der Waals surface area contributed by atoms with Crippen LogP contribution in [0.3, 0.4) is 0 Å². The zero-order valence-electron chi connectivity index (χ0n) is 13.5. The number of rotatable bonds is 9. The molecule has 4 heteroatoms. The van der Waals surface area contributed by atoms with E-state index in [4.69, 9.17) is 0 Å². The molecular formula is C15H34N4. The Labute approximate surface area is 120 Å². The van der Waals surface area contributed by atoms with Gasteiger partial charge < -0.3 is 20.0 Å². The molecule has 1 fully saturated rings. The van der Waals surface area contributed by atoms with Gasteiger partial charge in [-0.1, -0.05) is 13.8 Å². The first-order valence-electron chi connectivity index (χ1n) is 7.99. The van der Waals surface area contributed by atoms with E-state index in [2.05, 4.69) is 48.0 Å². The van der Waals surface area contributed by atoms with Gasteiger partial charge in [-0.2, -0.15) is 0 Å². The molecule has 0 aromatic carbocycles. The Morgan fingerprint density at radius 3 is 2.53 bits per heavy atom. The van der Waals surface area contributed by atoms with Crippen LogP contribution in [0.5, 0.6) is 0 Å². The van der Waals surface area contributed by atoms with E-state index >= 15 is 0 Å². The standard InChI is InChI=1S/C15H34N4/c1-5-18(6-2)12-9-16-10-13-19-11-7-8-15(14-19)17(3)4/h15-16H,5-14H2,1-4H3. The average Bonchev–Trinajstić information content (AvgIpc) is 2.43. The number of likely N-dealkylation sites (N-methyl/N-ethyl adjacent to an activating group) is 2. The summed E-state index contributed by atoms with van der Waals surface area (Å²) in [5.74, 6) is 0. The van der Waals surface area contributed by atoms with Gasteiger partial charge in [0.2, 0.25) is 0 Å². The van der Waals surface area contributed by atoms with E-state index in [-0.39, 0.29) is 0 Å². The van der Waals surface area contributed by atoms with Gasteiger partial charge >= 0.3 is 0 Å². The number of piperidine rings is 1. The Balaban J connectivity index is 2.06. The van der Waals surface area contributed by atoms with Crippen molar-refractivity contribution < 1.29 is 0 Å². The van der Waals surface area contributed by atoms with Crippen LogP contribution in [-0.4, -0.2) is 87.2 Å². The summed E-state index contributed by atoms with van der Waals surface area (Å²) in [5.41, 5.74) is 0. The molecule has 1 atom stereocenters. The van der Waals surface area contributed by atoms with Crippen molar-refractivity contribution in [2.75, 3.05) is 66.5 Å². The van der Waals surface area contributed by atoms with E-state index in [1.54, 1.807) is 0 Å². The van der Waals surface area contributed by atoms with Gasteiger partial charge in [-0.25, -0.2) is 0 Å². The molecule has 0 aromatic heterocycles. The van der Waals surface area contributed by atoms with Gasteiger partial charge in [-0.15, -0.1) is 0 Å². The first kappa shape index (κ1) is 16.9. The Morgan fingerprint density at radius 2 is 1.89 bits per heavy atom. The van der Waals surface area contributed by atoms with Gasteiger partial charge in [0.05, 0.1) is 0 Å². The summed E-state index contributed by atoms with van der Waals surface area (Å²) in [4.78, 5) is 7.45. The lowest BCUT2D eigenvalue weighted by Crippen LogP contribution is -2.47. The lowest BCUT2D eigenvalue weighted by atomic mass is 10.1. The van der Waals surface area contributed by atoms with Crippen LogP contribution in [0.25, 0.3) is 0 Å². The second-order valence-corrected chi connectivity index (χ2v) is 5.84. The second-order valence-electron chi connectivity index (χ2n) is 5.84. The fourth-order valence-corrected chi connectivity index (χ4v) is 2.79. The maximum Gasteiger partial charge on any atom is 0.0217 e. The lowest BCUT2D eigenvalue weighted by molar-refractivity contribution is 0.133. The van der Waals surface area contributed by atoms with Crippen molar-refractivity contribution in [3.8, 4) is 0 Å². The first-order valence-corrected chi connectivity index (χ1v) is 7.99. The summed E-state index contributed by atoms with van der Waals surface area (Å²) in [6.07, 6.45) is 2.71. The fourth-order valence-electron chi connectivity index (χ4n) is 2.79. The molecule has 1 unspecified atom stereocenters. The third-order valence-electron chi connectivity index (χ3n) is 4.31. The van der Waals surface area contributed by atoms with Crippen molar-refractivity contribution in [2.45, 2.75) is 32.7 Å². The fraction of sp³-hybridized carbons (Fsp3) is 1.00. The van der Waals surface area contributed by atoms with E-state index in [1.807, 2.05) is 0 Å². The molecule has 1 saturated heterocycles. The van der Waals surface area contributed by atoms with Crippen molar-refractivity contribution in [1.82, 2.24) is 20.0 Å². The van der Waals surface area contributed by atoms with Crippen LogP contribution < -0.4 is 5.32 Å². The monoisotopic (exact) mass is 270 g/mol. The van der Waals surface area contributed by atoms with Gasteiger partial charge in [-0.3, -0.25) is 0 Å². The second kappa shape index (κ2) is 9.70. The highest BCUT2D eigenvalue weighted by atomic mass is 15.2. The molecule has 19 heavy (non-hydrogen) atoms. The quantitative estimate of drug-likeness (QED) is 0.630. The van der Waals surface area contributed by atoms with Crippen molar-refractivity contribution in [3.05, 3.63) is 0 Å². The summed E-state index contributed by atoms with van der Waals surface area (Å²) >= 11 is 0. The van der Waals surface area contributed by atoms with Crippen LogP contribution >= 0.6 is 0 Å². The highest BCUT2D eigenvalue weighted by molar-refractivity contribution is 4.78. The molecule has 0 aromatic rings. The van der Waals surface area contributed by atoms with Gasteiger partial charge in [0.25, 0.3) is 0 Å². The number of nitrogens with zero attached hydrogens (tertiary/aromatic N) is 3. The minimum atomic E-state index is 0.754. The summed E-state index contributed by atoms with van der Waals surface area (Å²) in [5, 5.41) is 3.58. The van der Waals surface area contributed by atoms with Crippen LogP contribution in [0.1, 0.15) is 26.7 Å². The molecule has 0 amide bonds. The Hall–Kier alpha value is -0.160. The van der Waals surface area contributed by atoms with Crippen LogP contribution in [0, 0.1) is 0 Å². The molecule has 0 radical (unpaired) electrons. The molecule has 0 bridgehead atoms. The Kier molecular flexibility index (Phi) is 8.62. The normalized spacial score (nSPS) is 21.5. The highest BCUT2D eigenvalue weighted by Crippen LogP contribution is 2.12. The van der Waals surface area contributed by atoms with Gasteiger partial charge in [0, 0.05) is 38.8 Å². The summed E-state index contributed by atoms with van der Waals surface area (Å²) in [6, 6.07) is 0.754. The van der Waals surface area contributed by atoms with E-state index in [9.17, 15) is 0 Å². The maximum atomic E-state index is 3.58. The van der Waals surface area contributed by atoms with Gasteiger partial charge in [0.1, 0.15) is 0 Å². The largest absolute Gasteiger partial charge is 0.314 e. The predicted molar refractivity (Wildman–Crippen MR) is 83.8 cm³/mol. The summed E-state index contributed by atoms with van der Waals surface area (Å²) in [6.45, 7) is 13.9. The molecule has 4 nitrogen and oxygen atoms in total. The smallest absolute Gasteiger partial charge is 0.0217 e. The SMILES string of the molecule is CCN(CC)CCNCCN1CCCC(N(C)C)C1. The minimum absolute atomic E-state index is 0.754. The minimum Gasteiger partial charge on any atom is -0.314 e. The first-order chi connectivity index (χ1) is 9.17. The molecule has 1 aliphatic rings. The molecule has 1 aliphatic heterocycles. The molecule has 1 heterocycles. The molecule has 114 valence electrons. The number of nitrogens with one attached hydrogen (secondary N) is 1. The van der Waals surface area contributed by atoms with E-state index in [1.165, 1.54) is 39.0 Å². The van der Waals surface area contributed by atoms with Crippen LogP contribution in [0.15, 0.2) is 0 Å². The van der Waals surface area contributed by atoms with E-state index in [0.29, 0.717) is 0 Å². The molecule has 0 spiro atoms. The average molecular weight is 270 g/mol. The third-order valence-corrected chi connectivity index (χ3v) is 4.31. The Bertz CT molecular complexity index is 216. The number of hydrogen-bond acceptors (Lipinski definition) is 4. The number of likely N-dealkylation sites (tertiary alicyclic amines) is 1. The van der Waals surface area contributed by atoms with Crippen LogP contribution in [-0.2, 0) is 0 Å². The molecule has 0 aliphatic carbocycles. The molecule has 1 rings (SSSR count). The highest BCUT2D eigenvalue weighted by Gasteiger charge is 2.20. The molecule has 0 saturated carbocycles. The van der Waals surface area contributed by atoms with Crippen molar-refractivity contribution in [3.63, 3.8) is 0 Å². The maximum absolute atomic E-state index is 3.58. The van der Waals surface area contributed by atoms with Crippen LogP contribution in [0.2, 0.25) is 0 Å².